The van der Waals surface area contributed by atoms with Gasteiger partial charge in [-0.15, -0.1) is 0 Å². The Morgan fingerprint density at radius 1 is 1.00 bits per heavy atom. The molecule has 0 aromatic heterocycles. The maximum atomic E-state index is 13.1. The molecule has 4 nitrogen and oxygen atoms in total. The van der Waals surface area contributed by atoms with Gasteiger partial charge in [-0.2, -0.15) is 0 Å². The van der Waals surface area contributed by atoms with Crippen LogP contribution in [0.1, 0.15) is 13.8 Å². The number of urea groups is 1. The first-order valence-electron chi connectivity index (χ1n) is 6.73. The highest BCUT2D eigenvalue weighted by molar-refractivity contribution is 5.89. The summed E-state index contributed by atoms with van der Waals surface area (Å²) in [4.78, 5) is 11.6. The Kier molecular flexibility index (Phi) is 4.77. The molecular weight excluding hydrogens is 269 g/mol. The fraction of sp³-hybridized carbons (Fsp3) is 0.188. The van der Waals surface area contributed by atoms with Crippen molar-refractivity contribution < 1.29 is 9.18 Å². The highest BCUT2D eigenvalue weighted by Gasteiger charge is 2.03. The van der Waals surface area contributed by atoms with Crippen molar-refractivity contribution in [1.82, 2.24) is 5.32 Å². The van der Waals surface area contributed by atoms with Crippen LogP contribution in [0.2, 0.25) is 0 Å². The van der Waals surface area contributed by atoms with Crippen molar-refractivity contribution in [3.8, 4) is 0 Å². The number of nitrogens with one attached hydrogen (secondary N) is 3. The molecule has 0 fully saturated rings. The molecule has 0 aliphatic heterocycles. The molecule has 0 atom stereocenters. The lowest BCUT2D eigenvalue weighted by molar-refractivity contribution is 0.250. The number of carbonyl (C=O) groups excluding carboxylic acids is 1. The Bertz CT molecular complexity index is 611. The van der Waals surface area contributed by atoms with E-state index in [1.165, 1.54) is 12.1 Å². The summed E-state index contributed by atoms with van der Waals surface area (Å²) in [6, 6.07) is 13.3. The first-order valence-corrected chi connectivity index (χ1v) is 6.73. The van der Waals surface area contributed by atoms with Gasteiger partial charge >= 0.3 is 6.03 Å². The number of rotatable bonds is 4. The van der Waals surface area contributed by atoms with Crippen LogP contribution in [-0.4, -0.2) is 12.1 Å². The van der Waals surface area contributed by atoms with Crippen LogP contribution in [-0.2, 0) is 0 Å². The van der Waals surface area contributed by atoms with E-state index in [-0.39, 0.29) is 17.9 Å². The smallest absolute Gasteiger partial charge is 0.319 e. The van der Waals surface area contributed by atoms with Crippen molar-refractivity contribution in [3.63, 3.8) is 0 Å². The van der Waals surface area contributed by atoms with E-state index in [4.69, 9.17) is 0 Å². The lowest BCUT2D eigenvalue weighted by Gasteiger charge is -2.11. The summed E-state index contributed by atoms with van der Waals surface area (Å²) < 4.78 is 13.1. The molecule has 5 heteroatoms. The SMILES string of the molecule is CC(C)NC(=O)Nc1ccc(Nc2cccc(F)c2)cc1. The molecule has 2 amide bonds. The molecule has 21 heavy (non-hydrogen) atoms. The fourth-order valence-corrected chi connectivity index (χ4v) is 1.80. The molecule has 2 aromatic rings. The molecule has 0 unspecified atom stereocenters. The minimum atomic E-state index is -0.288. The van der Waals surface area contributed by atoms with Crippen LogP contribution in [0.5, 0.6) is 0 Å². The third-order valence-corrected chi connectivity index (χ3v) is 2.68. The summed E-state index contributed by atoms with van der Waals surface area (Å²) in [6.45, 7) is 3.79. The second-order valence-corrected chi connectivity index (χ2v) is 4.97. The van der Waals surface area contributed by atoms with Crippen molar-refractivity contribution in [2.45, 2.75) is 19.9 Å². The molecule has 0 aliphatic carbocycles. The Hall–Kier alpha value is -2.56. The minimum absolute atomic E-state index is 0.0823. The summed E-state index contributed by atoms with van der Waals surface area (Å²) in [5.41, 5.74) is 2.18. The lowest BCUT2D eigenvalue weighted by atomic mass is 10.2. The van der Waals surface area contributed by atoms with Gasteiger partial charge in [0, 0.05) is 23.1 Å². The van der Waals surface area contributed by atoms with Crippen molar-refractivity contribution in [1.29, 1.82) is 0 Å². The molecule has 0 bridgehead atoms. The van der Waals surface area contributed by atoms with Crippen molar-refractivity contribution in [2.75, 3.05) is 10.6 Å². The molecule has 0 spiro atoms. The number of benzene rings is 2. The van der Waals surface area contributed by atoms with E-state index in [9.17, 15) is 9.18 Å². The number of anilines is 3. The van der Waals surface area contributed by atoms with Crippen LogP contribution >= 0.6 is 0 Å². The van der Waals surface area contributed by atoms with Gasteiger partial charge in [0.25, 0.3) is 0 Å². The second-order valence-electron chi connectivity index (χ2n) is 4.97. The molecular formula is C16H18FN3O. The van der Waals surface area contributed by atoms with Crippen molar-refractivity contribution >= 4 is 23.1 Å². The standard InChI is InChI=1S/C16H18FN3O/c1-11(2)18-16(21)20-14-8-6-13(7-9-14)19-15-5-3-4-12(17)10-15/h3-11,19H,1-2H3,(H2,18,20,21). The maximum Gasteiger partial charge on any atom is 0.319 e. The van der Waals surface area contributed by atoms with Gasteiger partial charge in [0.1, 0.15) is 5.82 Å². The van der Waals surface area contributed by atoms with E-state index in [0.717, 1.165) is 5.69 Å². The van der Waals surface area contributed by atoms with E-state index >= 15 is 0 Å². The van der Waals surface area contributed by atoms with Crippen LogP contribution in [0.15, 0.2) is 48.5 Å². The fourth-order valence-electron chi connectivity index (χ4n) is 1.80. The summed E-state index contributed by atoms with van der Waals surface area (Å²) in [5.74, 6) is -0.288. The average Bonchev–Trinajstić information content (AvgIpc) is 2.40. The van der Waals surface area contributed by atoms with Crippen LogP contribution in [0, 0.1) is 5.82 Å². The van der Waals surface area contributed by atoms with Gasteiger partial charge in [0.05, 0.1) is 0 Å². The first-order chi connectivity index (χ1) is 10.0. The molecule has 2 aromatic carbocycles. The van der Waals surface area contributed by atoms with E-state index < -0.39 is 0 Å². The molecule has 110 valence electrons. The van der Waals surface area contributed by atoms with Crippen LogP contribution < -0.4 is 16.0 Å². The van der Waals surface area contributed by atoms with Gasteiger partial charge < -0.3 is 16.0 Å². The highest BCUT2D eigenvalue weighted by Crippen LogP contribution is 2.19. The van der Waals surface area contributed by atoms with Crippen molar-refractivity contribution in [2.24, 2.45) is 0 Å². The summed E-state index contributed by atoms with van der Waals surface area (Å²) in [5, 5.41) is 8.57. The monoisotopic (exact) mass is 287 g/mol. The average molecular weight is 287 g/mol. The molecule has 2 rings (SSSR count). The number of hydrogen-bond acceptors (Lipinski definition) is 2. The third kappa shape index (κ3) is 4.80. The lowest BCUT2D eigenvalue weighted by Crippen LogP contribution is -2.34. The Morgan fingerprint density at radius 2 is 1.67 bits per heavy atom. The predicted octanol–water partition coefficient (Wildman–Crippen LogP) is 4.10. The molecule has 3 N–H and O–H groups in total. The Morgan fingerprint density at radius 3 is 2.29 bits per heavy atom. The normalized spacial score (nSPS) is 10.3. The first kappa shape index (κ1) is 14.8. The summed E-state index contributed by atoms with van der Waals surface area (Å²) >= 11 is 0. The number of carbonyl (C=O) groups is 1. The predicted molar refractivity (Wildman–Crippen MR) is 83.4 cm³/mol. The van der Waals surface area contributed by atoms with Gasteiger partial charge in [-0.05, 0) is 56.3 Å². The second kappa shape index (κ2) is 6.74. The van der Waals surface area contributed by atoms with E-state index in [0.29, 0.717) is 11.4 Å². The van der Waals surface area contributed by atoms with Crippen LogP contribution in [0.3, 0.4) is 0 Å². The largest absolute Gasteiger partial charge is 0.355 e. The molecule has 0 radical (unpaired) electrons. The van der Waals surface area contributed by atoms with E-state index in [2.05, 4.69) is 16.0 Å². The molecule has 0 saturated heterocycles. The van der Waals surface area contributed by atoms with Gasteiger partial charge in [-0.3, -0.25) is 0 Å². The van der Waals surface area contributed by atoms with Crippen LogP contribution in [0.4, 0.5) is 26.2 Å². The highest BCUT2D eigenvalue weighted by atomic mass is 19.1. The number of halogens is 1. The summed E-state index contributed by atoms with van der Waals surface area (Å²) in [6.07, 6.45) is 0. The zero-order valence-corrected chi connectivity index (χ0v) is 12.0. The Labute approximate surface area is 123 Å². The zero-order chi connectivity index (χ0) is 15.2. The van der Waals surface area contributed by atoms with Crippen molar-refractivity contribution in [3.05, 3.63) is 54.3 Å². The van der Waals surface area contributed by atoms with E-state index in [1.54, 1.807) is 24.3 Å². The minimum Gasteiger partial charge on any atom is -0.355 e. The molecule has 0 aliphatic rings. The quantitative estimate of drug-likeness (QED) is 0.793. The zero-order valence-electron chi connectivity index (χ0n) is 12.0. The van der Waals surface area contributed by atoms with Gasteiger partial charge in [0.15, 0.2) is 0 Å². The van der Waals surface area contributed by atoms with Gasteiger partial charge in [0.2, 0.25) is 0 Å². The van der Waals surface area contributed by atoms with E-state index in [1.807, 2.05) is 26.0 Å². The topological polar surface area (TPSA) is 53.2 Å². The number of hydrogen-bond donors (Lipinski definition) is 3. The maximum absolute atomic E-state index is 13.1. The number of amides is 2. The van der Waals surface area contributed by atoms with Gasteiger partial charge in [-0.25, -0.2) is 9.18 Å². The molecule has 0 saturated carbocycles. The molecule has 0 heterocycles. The van der Waals surface area contributed by atoms with Crippen LogP contribution in [0.25, 0.3) is 0 Å². The summed E-state index contributed by atoms with van der Waals surface area (Å²) in [7, 11) is 0. The van der Waals surface area contributed by atoms with Gasteiger partial charge in [-0.1, -0.05) is 6.07 Å². The Balaban J connectivity index is 1.97. The third-order valence-electron chi connectivity index (χ3n) is 2.68.